The molecular weight excluding hydrogens is 488 g/mol. The molecule has 0 saturated heterocycles. The molecule has 2 heterocycles. The number of rotatable bonds is 4. The lowest BCUT2D eigenvalue weighted by Gasteiger charge is -2.21. The quantitative estimate of drug-likeness (QED) is 0.536. The minimum absolute atomic E-state index is 0.118. The molecule has 0 spiro atoms. The van der Waals surface area contributed by atoms with Gasteiger partial charge in [0.1, 0.15) is 0 Å². The lowest BCUT2D eigenvalue weighted by molar-refractivity contribution is -0.117. The largest absolute Gasteiger partial charge is 0.454 e. The summed E-state index contributed by atoms with van der Waals surface area (Å²) in [6.45, 7) is 2.14. The second-order valence-electron chi connectivity index (χ2n) is 8.73. The zero-order chi connectivity index (χ0) is 24.5. The van der Waals surface area contributed by atoms with Gasteiger partial charge in [-0.1, -0.05) is 41.4 Å². The maximum Gasteiger partial charge on any atom is 0.240 e. The summed E-state index contributed by atoms with van der Waals surface area (Å²) < 4.78 is 38.4. The zero-order valence-electron chi connectivity index (χ0n) is 18.9. The van der Waals surface area contributed by atoms with Gasteiger partial charge in [-0.2, -0.15) is 0 Å². The molecule has 2 atom stereocenters. The Kier molecular flexibility index (Phi) is 4.96. The van der Waals surface area contributed by atoms with Gasteiger partial charge in [0.15, 0.2) is 11.5 Å². The molecule has 2 aliphatic heterocycles. The van der Waals surface area contributed by atoms with Gasteiger partial charge in [-0.05, 0) is 60.5 Å². The van der Waals surface area contributed by atoms with Crippen molar-refractivity contribution < 1.29 is 22.7 Å². The van der Waals surface area contributed by atoms with E-state index < -0.39 is 15.9 Å². The molecule has 35 heavy (non-hydrogen) atoms. The first-order valence-corrected chi connectivity index (χ1v) is 12.9. The smallest absolute Gasteiger partial charge is 0.240 e. The molecular formula is C26H21ClN2O5S. The van der Waals surface area contributed by atoms with Crippen LogP contribution in [0.25, 0.3) is 5.57 Å². The summed E-state index contributed by atoms with van der Waals surface area (Å²) in [6.07, 6.45) is 0. The fourth-order valence-electron chi connectivity index (χ4n) is 5.37. The van der Waals surface area contributed by atoms with E-state index in [-0.39, 0.29) is 23.5 Å². The van der Waals surface area contributed by atoms with Gasteiger partial charge < -0.3 is 14.8 Å². The van der Waals surface area contributed by atoms with Crippen molar-refractivity contribution in [3.63, 3.8) is 0 Å². The molecule has 0 radical (unpaired) electrons. The monoisotopic (exact) mass is 508 g/mol. The van der Waals surface area contributed by atoms with Crippen LogP contribution in [0.1, 0.15) is 41.0 Å². The highest BCUT2D eigenvalue weighted by Crippen LogP contribution is 2.55. The molecule has 178 valence electrons. The maximum absolute atomic E-state index is 13.3. The SMILES string of the molecule is CNS(=O)(=O)c1ccc2c(c1)C(C1C(C)=C(c3cc4c(cc3Cl)OCO4)c3ccccc31)C(=O)N2. The zero-order valence-corrected chi connectivity index (χ0v) is 20.5. The highest BCUT2D eigenvalue weighted by Gasteiger charge is 2.44. The molecule has 0 saturated carbocycles. The van der Waals surface area contributed by atoms with E-state index in [9.17, 15) is 13.2 Å². The van der Waals surface area contributed by atoms with Crippen molar-refractivity contribution in [2.75, 3.05) is 19.2 Å². The predicted octanol–water partition coefficient (Wildman–Crippen LogP) is 4.63. The Morgan fingerprint density at radius 3 is 2.49 bits per heavy atom. The average Bonchev–Trinajstić information content (AvgIpc) is 3.50. The number of amides is 1. The normalized spacial score (nSPS) is 20.1. The summed E-state index contributed by atoms with van der Waals surface area (Å²) in [5, 5.41) is 3.46. The lowest BCUT2D eigenvalue weighted by Crippen LogP contribution is -2.20. The molecule has 0 bridgehead atoms. The van der Waals surface area contributed by atoms with E-state index >= 15 is 0 Å². The Morgan fingerprint density at radius 2 is 1.71 bits per heavy atom. The number of hydrogen-bond donors (Lipinski definition) is 2. The van der Waals surface area contributed by atoms with Gasteiger partial charge >= 0.3 is 0 Å². The van der Waals surface area contributed by atoms with Gasteiger partial charge in [-0.15, -0.1) is 0 Å². The van der Waals surface area contributed by atoms with E-state index in [1.807, 2.05) is 37.3 Å². The van der Waals surface area contributed by atoms with Gasteiger partial charge in [0.2, 0.25) is 22.7 Å². The summed E-state index contributed by atoms with van der Waals surface area (Å²) in [5.41, 5.74) is 5.96. The Hall–Kier alpha value is -3.33. The second kappa shape index (κ2) is 7.84. The summed E-state index contributed by atoms with van der Waals surface area (Å²) in [7, 11) is -2.30. The van der Waals surface area contributed by atoms with Crippen LogP contribution < -0.4 is 19.5 Å². The van der Waals surface area contributed by atoms with Crippen molar-refractivity contribution in [2.45, 2.75) is 23.7 Å². The van der Waals surface area contributed by atoms with Gasteiger partial charge in [0.05, 0.1) is 15.8 Å². The Balaban J connectivity index is 1.54. The number of halogens is 1. The lowest BCUT2D eigenvalue weighted by atomic mass is 9.80. The summed E-state index contributed by atoms with van der Waals surface area (Å²) in [6, 6.07) is 16.3. The molecule has 1 aliphatic carbocycles. The van der Waals surface area contributed by atoms with Crippen LogP contribution in [0.3, 0.4) is 0 Å². The van der Waals surface area contributed by atoms with Crippen LogP contribution in [-0.2, 0) is 14.8 Å². The van der Waals surface area contributed by atoms with Crippen LogP contribution in [0.5, 0.6) is 11.5 Å². The fourth-order valence-corrected chi connectivity index (χ4v) is 6.39. The van der Waals surface area contributed by atoms with Crippen LogP contribution >= 0.6 is 11.6 Å². The molecule has 1 amide bonds. The first-order valence-electron chi connectivity index (χ1n) is 11.1. The van der Waals surface area contributed by atoms with E-state index in [1.165, 1.54) is 13.1 Å². The number of sulfonamides is 1. The van der Waals surface area contributed by atoms with E-state index in [4.69, 9.17) is 21.1 Å². The molecule has 6 rings (SSSR count). The van der Waals surface area contributed by atoms with Crippen LogP contribution in [0, 0.1) is 0 Å². The van der Waals surface area contributed by atoms with Crippen LogP contribution in [-0.4, -0.2) is 28.2 Å². The Morgan fingerprint density at radius 1 is 0.971 bits per heavy atom. The van der Waals surface area contributed by atoms with Crippen molar-refractivity contribution in [3.8, 4) is 11.5 Å². The first kappa shape index (κ1) is 22.2. The number of benzene rings is 3. The third-order valence-corrected chi connectivity index (χ3v) is 8.69. The topological polar surface area (TPSA) is 93.7 Å². The molecule has 2 N–H and O–H groups in total. The third kappa shape index (κ3) is 3.28. The number of allylic oxidation sites excluding steroid dienone is 1. The van der Waals surface area contributed by atoms with Gasteiger partial charge in [-0.3, -0.25) is 4.79 Å². The molecule has 0 aromatic heterocycles. The number of nitrogens with one attached hydrogen (secondary N) is 2. The van der Waals surface area contributed by atoms with Gasteiger partial charge in [0, 0.05) is 23.2 Å². The minimum atomic E-state index is -3.67. The average molecular weight is 509 g/mol. The van der Waals surface area contributed by atoms with Crippen molar-refractivity contribution in [1.29, 1.82) is 0 Å². The summed E-state index contributed by atoms with van der Waals surface area (Å²) in [5.74, 6) is 0.162. The van der Waals surface area contributed by atoms with Gasteiger partial charge in [-0.25, -0.2) is 13.1 Å². The number of hydrogen-bond acceptors (Lipinski definition) is 5. The molecule has 2 unspecified atom stereocenters. The van der Waals surface area contributed by atoms with Crippen molar-refractivity contribution in [2.24, 2.45) is 0 Å². The first-order chi connectivity index (χ1) is 16.8. The van der Waals surface area contributed by atoms with Crippen molar-refractivity contribution in [1.82, 2.24) is 4.72 Å². The van der Waals surface area contributed by atoms with Crippen molar-refractivity contribution in [3.05, 3.63) is 87.4 Å². The van der Waals surface area contributed by atoms with E-state index in [1.54, 1.807) is 18.2 Å². The highest BCUT2D eigenvalue weighted by molar-refractivity contribution is 7.89. The molecule has 7 nitrogen and oxygen atoms in total. The van der Waals surface area contributed by atoms with Crippen LogP contribution in [0.2, 0.25) is 5.02 Å². The van der Waals surface area contributed by atoms with E-state index in [0.29, 0.717) is 27.8 Å². The predicted molar refractivity (Wildman–Crippen MR) is 133 cm³/mol. The maximum atomic E-state index is 13.3. The molecule has 0 fully saturated rings. The highest BCUT2D eigenvalue weighted by atomic mass is 35.5. The Labute approximate surface area is 207 Å². The standard InChI is InChI=1S/C26H21ClN2O5S/c1-13-23(17-10-21-22(11-19(17)27)34-12-33-21)15-5-3-4-6-16(15)24(13)25-18-9-14(35(31,32)28-2)7-8-20(18)29-26(25)30/h3-11,24-25,28H,12H2,1-2H3,(H,29,30). The minimum Gasteiger partial charge on any atom is -0.454 e. The molecule has 3 aliphatic rings. The fraction of sp³-hybridized carbons (Fsp3) is 0.192. The number of carbonyl (C=O) groups is 1. The summed E-state index contributed by atoms with van der Waals surface area (Å²) >= 11 is 6.70. The Bertz CT molecular complexity index is 1560. The van der Waals surface area contributed by atoms with E-state index in [0.717, 1.165) is 27.8 Å². The van der Waals surface area contributed by atoms with E-state index in [2.05, 4.69) is 10.0 Å². The second-order valence-corrected chi connectivity index (χ2v) is 11.0. The number of ether oxygens (including phenoxy) is 2. The number of anilines is 1. The number of carbonyl (C=O) groups excluding carboxylic acids is 1. The molecule has 3 aromatic carbocycles. The summed E-state index contributed by atoms with van der Waals surface area (Å²) in [4.78, 5) is 13.4. The van der Waals surface area contributed by atoms with Crippen molar-refractivity contribution >= 4 is 38.8 Å². The molecule has 9 heteroatoms. The molecule has 3 aromatic rings. The van der Waals surface area contributed by atoms with Gasteiger partial charge in [0.25, 0.3) is 0 Å². The van der Waals surface area contributed by atoms with Crippen LogP contribution in [0.4, 0.5) is 5.69 Å². The number of fused-ring (bicyclic) bond motifs is 3. The van der Waals surface area contributed by atoms with Crippen LogP contribution in [0.15, 0.2) is 65.1 Å². The third-order valence-electron chi connectivity index (χ3n) is 6.97.